The van der Waals surface area contributed by atoms with Gasteiger partial charge in [0, 0.05) is 18.8 Å². The molecule has 1 aromatic rings. The van der Waals surface area contributed by atoms with Crippen LogP contribution in [0.4, 0.5) is 5.69 Å². The lowest BCUT2D eigenvalue weighted by atomic mass is 10.2. The molecule has 4 heteroatoms. The number of methoxy groups -OCH3 is 1. The molecule has 17 heavy (non-hydrogen) atoms. The van der Waals surface area contributed by atoms with Crippen molar-refractivity contribution < 1.29 is 9.84 Å². The Labute approximate surface area is 103 Å². The standard InChI is InChI=1S/C13H22N2O2/c1-10-7-11(5-6-13(10)17-4)14-8-12(16)9-15(2)3/h5-7,12,14,16H,8-9H2,1-4H3. The molecule has 4 nitrogen and oxygen atoms in total. The van der Waals surface area contributed by atoms with Crippen molar-refractivity contribution >= 4 is 5.69 Å². The first-order valence-electron chi connectivity index (χ1n) is 5.74. The molecule has 1 rings (SSSR count). The summed E-state index contributed by atoms with van der Waals surface area (Å²) in [6.07, 6.45) is -0.368. The van der Waals surface area contributed by atoms with Crippen molar-refractivity contribution in [2.45, 2.75) is 13.0 Å². The highest BCUT2D eigenvalue weighted by Crippen LogP contribution is 2.21. The Bertz CT molecular complexity index is 353. The van der Waals surface area contributed by atoms with E-state index in [0.29, 0.717) is 13.1 Å². The number of rotatable bonds is 6. The Morgan fingerprint density at radius 3 is 2.65 bits per heavy atom. The summed E-state index contributed by atoms with van der Waals surface area (Å²) in [6, 6.07) is 5.89. The number of nitrogens with one attached hydrogen (secondary N) is 1. The molecule has 0 aliphatic rings. The van der Waals surface area contributed by atoms with Crippen LogP contribution in [0.1, 0.15) is 5.56 Å². The van der Waals surface area contributed by atoms with Gasteiger partial charge in [0.25, 0.3) is 0 Å². The molecule has 0 fully saturated rings. The number of aryl methyl sites for hydroxylation is 1. The van der Waals surface area contributed by atoms with E-state index < -0.39 is 0 Å². The van der Waals surface area contributed by atoms with Gasteiger partial charge in [-0.15, -0.1) is 0 Å². The van der Waals surface area contributed by atoms with E-state index in [1.54, 1.807) is 7.11 Å². The van der Waals surface area contributed by atoms with Crippen LogP contribution < -0.4 is 10.1 Å². The highest BCUT2D eigenvalue weighted by atomic mass is 16.5. The third-order valence-electron chi connectivity index (χ3n) is 2.51. The highest BCUT2D eigenvalue weighted by Gasteiger charge is 2.05. The van der Waals surface area contributed by atoms with E-state index in [9.17, 15) is 5.11 Å². The predicted molar refractivity (Wildman–Crippen MR) is 70.8 cm³/mol. The van der Waals surface area contributed by atoms with Crippen LogP contribution in [-0.4, -0.2) is 50.4 Å². The quantitative estimate of drug-likeness (QED) is 0.785. The fourth-order valence-corrected chi connectivity index (χ4v) is 1.71. The van der Waals surface area contributed by atoms with Gasteiger partial charge in [0.2, 0.25) is 0 Å². The number of nitrogens with zero attached hydrogens (tertiary/aromatic N) is 1. The van der Waals surface area contributed by atoms with Gasteiger partial charge in [-0.25, -0.2) is 0 Å². The van der Waals surface area contributed by atoms with Crippen molar-refractivity contribution in [3.63, 3.8) is 0 Å². The first-order chi connectivity index (χ1) is 8.02. The SMILES string of the molecule is COc1ccc(NCC(O)CN(C)C)cc1C. The second-order valence-electron chi connectivity index (χ2n) is 4.48. The largest absolute Gasteiger partial charge is 0.496 e. The molecule has 0 heterocycles. The van der Waals surface area contributed by atoms with E-state index in [1.165, 1.54) is 0 Å². The lowest BCUT2D eigenvalue weighted by molar-refractivity contribution is 0.148. The highest BCUT2D eigenvalue weighted by molar-refractivity contribution is 5.50. The Kier molecular flexibility index (Phi) is 5.25. The van der Waals surface area contributed by atoms with Gasteiger partial charge in [-0.1, -0.05) is 0 Å². The van der Waals surface area contributed by atoms with Gasteiger partial charge in [0.15, 0.2) is 0 Å². The van der Waals surface area contributed by atoms with Gasteiger partial charge in [0.1, 0.15) is 5.75 Å². The molecule has 2 N–H and O–H groups in total. The van der Waals surface area contributed by atoms with Crippen LogP contribution in [0.5, 0.6) is 5.75 Å². The van der Waals surface area contributed by atoms with E-state index in [2.05, 4.69) is 5.32 Å². The van der Waals surface area contributed by atoms with E-state index in [4.69, 9.17) is 4.74 Å². The van der Waals surface area contributed by atoms with Crippen molar-refractivity contribution in [3.05, 3.63) is 23.8 Å². The molecule has 0 amide bonds. The van der Waals surface area contributed by atoms with Crippen LogP contribution >= 0.6 is 0 Å². The summed E-state index contributed by atoms with van der Waals surface area (Å²) < 4.78 is 5.19. The molecule has 0 bridgehead atoms. The van der Waals surface area contributed by atoms with Crippen LogP contribution in [0, 0.1) is 6.92 Å². The summed E-state index contributed by atoms with van der Waals surface area (Å²) in [6.45, 7) is 3.20. The fourth-order valence-electron chi connectivity index (χ4n) is 1.71. The minimum atomic E-state index is -0.368. The smallest absolute Gasteiger partial charge is 0.121 e. The summed E-state index contributed by atoms with van der Waals surface area (Å²) in [4.78, 5) is 1.96. The number of likely N-dealkylation sites (N-methyl/N-ethyl adjacent to an activating group) is 1. The zero-order valence-electron chi connectivity index (χ0n) is 11.0. The molecule has 0 spiro atoms. The lowest BCUT2D eigenvalue weighted by Gasteiger charge is -2.17. The van der Waals surface area contributed by atoms with Crippen LogP contribution in [0.25, 0.3) is 0 Å². The molecule has 0 saturated heterocycles. The Morgan fingerprint density at radius 2 is 2.12 bits per heavy atom. The third kappa shape index (κ3) is 4.63. The molecule has 0 aliphatic heterocycles. The number of hydrogen-bond acceptors (Lipinski definition) is 4. The van der Waals surface area contributed by atoms with Gasteiger partial charge in [-0.3, -0.25) is 0 Å². The summed E-state index contributed by atoms with van der Waals surface area (Å²) in [7, 11) is 5.55. The van der Waals surface area contributed by atoms with Gasteiger partial charge in [-0.2, -0.15) is 0 Å². The zero-order valence-corrected chi connectivity index (χ0v) is 11.0. The summed E-state index contributed by atoms with van der Waals surface area (Å²) >= 11 is 0. The molecule has 1 aromatic carbocycles. The third-order valence-corrected chi connectivity index (χ3v) is 2.51. The number of aliphatic hydroxyl groups is 1. The Balaban J connectivity index is 2.49. The molecule has 0 saturated carbocycles. The maximum atomic E-state index is 9.72. The maximum absolute atomic E-state index is 9.72. The van der Waals surface area contributed by atoms with E-state index >= 15 is 0 Å². The van der Waals surface area contributed by atoms with Crippen LogP contribution in [0.3, 0.4) is 0 Å². The average Bonchev–Trinajstić information content (AvgIpc) is 2.25. The second kappa shape index (κ2) is 6.47. The molecule has 1 atom stereocenters. The van der Waals surface area contributed by atoms with Crippen molar-refractivity contribution in [2.75, 3.05) is 39.6 Å². The van der Waals surface area contributed by atoms with Crippen molar-refractivity contribution in [3.8, 4) is 5.75 Å². The monoisotopic (exact) mass is 238 g/mol. The van der Waals surface area contributed by atoms with Gasteiger partial charge in [-0.05, 0) is 44.8 Å². The summed E-state index contributed by atoms with van der Waals surface area (Å²) in [5.41, 5.74) is 2.08. The Morgan fingerprint density at radius 1 is 1.41 bits per heavy atom. The average molecular weight is 238 g/mol. The number of anilines is 1. The number of ether oxygens (including phenoxy) is 1. The van der Waals surface area contributed by atoms with E-state index in [0.717, 1.165) is 17.0 Å². The van der Waals surface area contributed by atoms with Crippen LogP contribution in [0.2, 0.25) is 0 Å². The molecule has 0 aliphatic carbocycles. The molecular formula is C13H22N2O2. The van der Waals surface area contributed by atoms with Crippen LogP contribution in [-0.2, 0) is 0 Å². The number of benzene rings is 1. The molecule has 0 radical (unpaired) electrons. The fraction of sp³-hybridized carbons (Fsp3) is 0.538. The first-order valence-corrected chi connectivity index (χ1v) is 5.74. The Hall–Kier alpha value is -1.26. The normalized spacial score (nSPS) is 12.6. The molecule has 0 aromatic heterocycles. The summed E-state index contributed by atoms with van der Waals surface area (Å²) in [5, 5.41) is 12.9. The maximum Gasteiger partial charge on any atom is 0.121 e. The predicted octanol–water partition coefficient (Wildman–Crippen LogP) is 1.34. The topological polar surface area (TPSA) is 44.7 Å². The number of aliphatic hydroxyl groups excluding tert-OH is 1. The van der Waals surface area contributed by atoms with Crippen molar-refractivity contribution in [1.29, 1.82) is 0 Å². The summed E-state index contributed by atoms with van der Waals surface area (Å²) in [5.74, 6) is 0.879. The van der Waals surface area contributed by atoms with Crippen molar-refractivity contribution in [2.24, 2.45) is 0 Å². The molecule has 1 unspecified atom stereocenters. The van der Waals surface area contributed by atoms with Gasteiger partial charge >= 0.3 is 0 Å². The molecular weight excluding hydrogens is 216 g/mol. The van der Waals surface area contributed by atoms with Crippen LogP contribution in [0.15, 0.2) is 18.2 Å². The van der Waals surface area contributed by atoms with E-state index in [-0.39, 0.29) is 6.10 Å². The van der Waals surface area contributed by atoms with Crippen molar-refractivity contribution in [1.82, 2.24) is 4.90 Å². The van der Waals surface area contributed by atoms with E-state index in [1.807, 2.05) is 44.1 Å². The number of hydrogen-bond donors (Lipinski definition) is 2. The second-order valence-corrected chi connectivity index (χ2v) is 4.48. The minimum Gasteiger partial charge on any atom is -0.496 e. The van der Waals surface area contributed by atoms with Gasteiger partial charge in [0.05, 0.1) is 13.2 Å². The minimum absolute atomic E-state index is 0.368. The molecule has 96 valence electrons. The zero-order chi connectivity index (χ0) is 12.8. The lowest BCUT2D eigenvalue weighted by Crippen LogP contribution is -2.31. The first kappa shape index (κ1) is 13.8. The van der Waals surface area contributed by atoms with Gasteiger partial charge < -0.3 is 20.1 Å².